The molecule has 0 aliphatic rings. The third-order valence-corrected chi connectivity index (χ3v) is 2.56. The van der Waals surface area contributed by atoms with Gasteiger partial charge in [0.1, 0.15) is 24.1 Å². The predicted octanol–water partition coefficient (Wildman–Crippen LogP) is 3.05. The Morgan fingerprint density at radius 2 is 1.89 bits per heavy atom. The van der Waals surface area contributed by atoms with Crippen molar-refractivity contribution in [2.45, 2.75) is 6.61 Å². The third kappa shape index (κ3) is 2.96. The number of carbonyl (C=O) groups excluding carboxylic acids is 1. The molecule has 0 aliphatic carbocycles. The summed E-state index contributed by atoms with van der Waals surface area (Å²) in [6.07, 6.45) is 0. The molecule has 2 aromatic rings. The van der Waals surface area contributed by atoms with Gasteiger partial charge in [0.05, 0.1) is 5.56 Å². The molecule has 3 nitrogen and oxygen atoms in total. The lowest BCUT2D eigenvalue weighted by molar-refractivity contribution is 0.0472. The van der Waals surface area contributed by atoms with Crippen LogP contribution in [0.2, 0.25) is 0 Å². The van der Waals surface area contributed by atoms with E-state index in [0.29, 0.717) is 0 Å². The first kappa shape index (κ1) is 12.8. The van der Waals surface area contributed by atoms with E-state index in [9.17, 15) is 9.18 Å². The van der Waals surface area contributed by atoms with E-state index >= 15 is 0 Å². The summed E-state index contributed by atoms with van der Waals surface area (Å²) in [5.74, 6) is -1.43. The van der Waals surface area contributed by atoms with Crippen LogP contribution in [-0.4, -0.2) is 5.97 Å². The monoisotopic (exact) mass is 255 g/mol. The van der Waals surface area contributed by atoms with Crippen molar-refractivity contribution >= 4 is 5.97 Å². The van der Waals surface area contributed by atoms with Crippen LogP contribution in [0.15, 0.2) is 48.5 Å². The average Bonchev–Trinajstić information content (AvgIpc) is 2.45. The lowest BCUT2D eigenvalue weighted by Crippen LogP contribution is -2.08. The molecule has 2 rings (SSSR count). The van der Waals surface area contributed by atoms with Crippen molar-refractivity contribution in [3.8, 4) is 6.07 Å². The number of hydrogen-bond acceptors (Lipinski definition) is 3. The van der Waals surface area contributed by atoms with Crippen molar-refractivity contribution in [2.75, 3.05) is 0 Å². The highest BCUT2D eigenvalue weighted by Gasteiger charge is 2.16. The molecule has 0 heterocycles. The number of benzene rings is 2. The molecule has 19 heavy (non-hydrogen) atoms. The summed E-state index contributed by atoms with van der Waals surface area (Å²) >= 11 is 0. The Morgan fingerprint density at radius 1 is 1.16 bits per heavy atom. The second-order valence-electron chi connectivity index (χ2n) is 3.84. The van der Waals surface area contributed by atoms with E-state index in [0.717, 1.165) is 11.6 Å². The van der Waals surface area contributed by atoms with Gasteiger partial charge < -0.3 is 4.74 Å². The van der Waals surface area contributed by atoms with E-state index < -0.39 is 11.8 Å². The van der Waals surface area contributed by atoms with E-state index in [2.05, 4.69) is 0 Å². The maximum absolute atomic E-state index is 13.3. The topological polar surface area (TPSA) is 50.1 Å². The Kier molecular flexibility index (Phi) is 3.89. The molecule has 0 spiro atoms. The number of nitrogens with zero attached hydrogens (tertiary/aromatic N) is 1. The van der Waals surface area contributed by atoms with Crippen LogP contribution in [0.1, 0.15) is 21.5 Å². The molecule has 0 unspecified atom stereocenters. The van der Waals surface area contributed by atoms with Gasteiger partial charge >= 0.3 is 5.97 Å². The summed E-state index contributed by atoms with van der Waals surface area (Å²) in [4.78, 5) is 11.8. The molecule has 0 aliphatic heterocycles. The van der Waals surface area contributed by atoms with Crippen LogP contribution >= 0.6 is 0 Å². The number of esters is 1. The van der Waals surface area contributed by atoms with Crippen molar-refractivity contribution in [2.24, 2.45) is 0 Å². The van der Waals surface area contributed by atoms with E-state index in [4.69, 9.17) is 10.00 Å². The fourth-order valence-electron chi connectivity index (χ4n) is 1.61. The summed E-state index contributed by atoms with van der Waals surface area (Å²) in [5.41, 5.74) is 0.477. The molecule has 0 radical (unpaired) electrons. The highest BCUT2D eigenvalue weighted by atomic mass is 19.1. The molecule has 0 bridgehead atoms. The highest BCUT2D eigenvalue weighted by molar-refractivity contribution is 5.92. The van der Waals surface area contributed by atoms with Crippen molar-refractivity contribution in [3.63, 3.8) is 0 Å². The van der Waals surface area contributed by atoms with Crippen molar-refractivity contribution in [1.29, 1.82) is 5.26 Å². The van der Waals surface area contributed by atoms with Crippen LogP contribution in [0.3, 0.4) is 0 Å². The van der Waals surface area contributed by atoms with Gasteiger partial charge in [0, 0.05) is 0 Å². The van der Waals surface area contributed by atoms with E-state index in [-0.39, 0.29) is 17.7 Å². The summed E-state index contributed by atoms with van der Waals surface area (Å²) in [7, 11) is 0. The van der Waals surface area contributed by atoms with Crippen LogP contribution in [0.4, 0.5) is 4.39 Å². The number of carbonyl (C=O) groups is 1. The van der Waals surface area contributed by atoms with E-state index in [1.54, 1.807) is 6.07 Å². The first-order valence-electron chi connectivity index (χ1n) is 5.62. The molecule has 4 heteroatoms. The van der Waals surface area contributed by atoms with E-state index in [1.165, 1.54) is 12.1 Å². The highest BCUT2D eigenvalue weighted by Crippen LogP contribution is 2.14. The number of hydrogen-bond donors (Lipinski definition) is 0. The zero-order valence-corrected chi connectivity index (χ0v) is 9.97. The lowest BCUT2D eigenvalue weighted by Gasteiger charge is -2.06. The molecule has 0 amide bonds. The molecule has 2 aromatic carbocycles. The van der Waals surface area contributed by atoms with Gasteiger partial charge in [-0.3, -0.25) is 0 Å². The molecule has 0 saturated heterocycles. The van der Waals surface area contributed by atoms with E-state index in [1.807, 2.05) is 30.3 Å². The summed E-state index contributed by atoms with van der Waals surface area (Å²) in [6.45, 7) is 0.0844. The van der Waals surface area contributed by atoms with Crippen molar-refractivity contribution < 1.29 is 13.9 Å². The normalized spacial score (nSPS) is 9.68. The molecule has 0 aromatic heterocycles. The Morgan fingerprint density at radius 3 is 2.58 bits per heavy atom. The number of rotatable bonds is 3. The van der Waals surface area contributed by atoms with Crippen molar-refractivity contribution in [3.05, 3.63) is 71.0 Å². The minimum Gasteiger partial charge on any atom is -0.457 e. The minimum absolute atomic E-state index is 0.0570. The van der Waals surface area contributed by atoms with Crippen LogP contribution in [0, 0.1) is 17.1 Å². The molecule has 0 atom stereocenters. The van der Waals surface area contributed by atoms with Gasteiger partial charge in [0.2, 0.25) is 0 Å². The maximum Gasteiger partial charge on any atom is 0.339 e. The Labute approximate surface area is 109 Å². The summed E-state index contributed by atoms with van der Waals surface area (Å²) < 4.78 is 18.4. The second-order valence-corrected chi connectivity index (χ2v) is 3.84. The van der Waals surface area contributed by atoms with Gasteiger partial charge in [-0.25, -0.2) is 9.18 Å². The molecule has 94 valence electrons. The Balaban J connectivity index is 2.13. The quantitative estimate of drug-likeness (QED) is 0.792. The van der Waals surface area contributed by atoms with Gasteiger partial charge in [-0.1, -0.05) is 36.4 Å². The number of nitriles is 1. The van der Waals surface area contributed by atoms with Gasteiger partial charge in [0.25, 0.3) is 0 Å². The van der Waals surface area contributed by atoms with Gasteiger partial charge in [-0.15, -0.1) is 0 Å². The molecular weight excluding hydrogens is 245 g/mol. The first-order chi connectivity index (χ1) is 9.22. The molecule has 0 N–H and O–H groups in total. The van der Waals surface area contributed by atoms with Gasteiger partial charge in [0.15, 0.2) is 0 Å². The summed E-state index contributed by atoms with van der Waals surface area (Å²) in [5, 5.41) is 8.84. The van der Waals surface area contributed by atoms with Crippen LogP contribution in [0.5, 0.6) is 0 Å². The van der Waals surface area contributed by atoms with Crippen molar-refractivity contribution in [1.82, 2.24) is 0 Å². The maximum atomic E-state index is 13.3. The Hall–Kier alpha value is -2.67. The SMILES string of the molecule is N#Cc1c(F)cccc1C(=O)OCc1ccccc1. The average molecular weight is 255 g/mol. The zero-order chi connectivity index (χ0) is 13.7. The number of ether oxygens (including phenoxy) is 1. The molecule has 0 saturated carbocycles. The Bertz CT molecular complexity index is 632. The van der Waals surface area contributed by atoms with Gasteiger partial charge in [-0.2, -0.15) is 5.26 Å². The predicted molar refractivity (Wildman–Crippen MR) is 66.7 cm³/mol. The lowest BCUT2D eigenvalue weighted by atomic mass is 10.1. The standard InChI is InChI=1S/C15H10FNO2/c16-14-8-4-7-12(13(14)9-17)15(18)19-10-11-5-2-1-3-6-11/h1-8H,10H2. The number of halogens is 1. The summed E-state index contributed by atoms with van der Waals surface area (Å²) in [6, 6.07) is 14.7. The van der Waals surface area contributed by atoms with Crippen LogP contribution in [0.25, 0.3) is 0 Å². The molecular formula is C15H10FNO2. The largest absolute Gasteiger partial charge is 0.457 e. The fraction of sp³-hybridized carbons (Fsp3) is 0.0667. The second kappa shape index (κ2) is 5.78. The van der Waals surface area contributed by atoms with Crippen LogP contribution in [-0.2, 0) is 11.3 Å². The smallest absolute Gasteiger partial charge is 0.339 e. The first-order valence-corrected chi connectivity index (χ1v) is 5.62. The van der Waals surface area contributed by atoms with Crippen LogP contribution < -0.4 is 0 Å². The third-order valence-electron chi connectivity index (χ3n) is 2.56. The van der Waals surface area contributed by atoms with Gasteiger partial charge in [-0.05, 0) is 17.7 Å². The fourth-order valence-corrected chi connectivity index (χ4v) is 1.61. The minimum atomic E-state index is -0.725. The zero-order valence-electron chi connectivity index (χ0n) is 9.97. The molecule has 0 fully saturated rings.